The zero-order valence-electron chi connectivity index (χ0n) is 15.6. The number of carbonyl (C=O) groups excluding carboxylic acids is 2. The number of carbonyl (C=O) groups is 2. The molecule has 2 heterocycles. The van der Waals surface area contributed by atoms with Crippen molar-refractivity contribution in [1.82, 2.24) is 15.2 Å². The van der Waals surface area contributed by atoms with Gasteiger partial charge in [-0.15, -0.1) is 0 Å². The van der Waals surface area contributed by atoms with E-state index in [9.17, 15) is 9.59 Å². The lowest BCUT2D eigenvalue weighted by Crippen LogP contribution is -2.51. The third-order valence-corrected chi connectivity index (χ3v) is 4.17. The number of piperidine rings is 1. The first-order valence-electron chi connectivity index (χ1n) is 8.70. The standard InChI is InChI=1S/C18H26ClN3O4/c1-12(21-17(24)26-18(2,3)4)16(23)22-9-6-13(7-10-22)25-15-5-8-20-11-14(15)19/h5,8,11-13H,6-7,9-10H2,1-4H3,(H,21,24). The van der Waals surface area contributed by atoms with E-state index in [0.29, 0.717) is 36.7 Å². The largest absolute Gasteiger partial charge is 0.489 e. The summed E-state index contributed by atoms with van der Waals surface area (Å²) >= 11 is 6.05. The molecule has 1 aromatic heterocycles. The lowest BCUT2D eigenvalue weighted by atomic mass is 10.1. The number of nitrogens with one attached hydrogen (secondary N) is 1. The van der Waals surface area contributed by atoms with Crippen molar-refractivity contribution in [2.75, 3.05) is 13.1 Å². The first-order chi connectivity index (χ1) is 12.2. The molecule has 1 aliphatic heterocycles. The van der Waals surface area contributed by atoms with E-state index < -0.39 is 17.7 Å². The van der Waals surface area contributed by atoms with E-state index >= 15 is 0 Å². The number of hydrogen-bond donors (Lipinski definition) is 1. The van der Waals surface area contributed by atoms with Crippen molar-refractivity contribution >= 4 is 23.6 Å². The summed E-state index contributed by atoms with van der Waals surface area (Å²) in [5, 5.41) is 3.06. The third-order valence-electron chi connectivity index (χ3n) is 3.89. The minimum Gasteiger partial charge on any atom is -0.489 e. The van der Waals surface area contributed by atoms with Crippen LogP contribution in [0.2, 0.25) is 5.02 Å². The highest BCUT2D eigenvalue weighted by molar-refractivity contribution is 6.31. The van der Waals surface area contributed by atoms with Crippen molar-refractivity contribution in [3.05, 3.63) is 23.5 Å². The number of aromatic nitrogens is 1. The number of nitrogens with zero attached hydrogens (tertiary/aromatic N) is 2. The van der Waals surface area contributed by atoms with E-state index in [2.05, 4.69) is 10.3 Å². The topological polar surface area (TPSA) is 80.8 Å². The van der Waals surface area contributed by atoms with Crippen molar-refractivity contribution in [2.45, 2.75) is 58.3 Å². The summed E-state index contributed by atoms with van der Waals surface area (Å²) in [4.78, 5) is 30.0. The maximum absolute atomic E-state index is 12.5. The molecule has 1 aliphatic rings. The van der Waals surface area contributed by atoms with Gasteiger partial charge in [-0.2, -0.15) is 0 Å². The van der Waals surface area contributed by atoms with Crippen LogP contribution in [0, 0.1) is 0 Å². The van der Waals surface area contributed by atoms with Crippen molar-refractivity contribution in [3.8, 4) is 5.75 Å². The van der Waals surface area contributed by atoms with E-state index in [0.717, 1.165) is 0 Å². The first-order valence-corrected chi connectivity index (χ1v) is 9.08. The highest BCUT2D eigenvalue weighted by Crippen LogP contribution is 2.26. The van der Waals surface area contributed by atoms with E-state index in [1.54, 1.807) is 51.1 Å². The Labute approximate surface area is 159 Å². The molecule has 26 heavy (non-hydrogen) atoms. The SMILES string of the molecule is CC(NC(=O)OC(C)(C)C)C(=O)N1CCC(Oc2ccncc2Cl)CC1. The van der Waals surface area contributed by atoms with Crippen molar-refractivity contribution in [3.63, 3.8) is 0 Å². The fourth-order valence-electron chi connectivity index (χ4n) is 2.65. The fraction of sp³-hybridized carbons (Fsp3) is 0.611. The minimum atomic E-state index is -0.642. The monoisotopic (exact) mass is 383 g/mol. The Balaban J connectivity index is 1.80. The summed E-state index contributed by atoms with van der Waals surface area (Å²) in [6.45, 7) is 8.11. The van der Waals surface area contributed by atoms with Crippen LogP contribution in [0.4, 0.5) is 4.79 Å². The van der Waals surface area contributed by atoms with Crippen LogP contribution in [0.3, 0.4) is 0 Å². The molecule has 2 amide bonds. The lowest BCUT2D eigenvalue weighted by Gasteiger charge is -2.34. The van der Waals surface area contributed by atoms with Gasteiger partial charge in [0.15, 0.2) is 0 Å². The number of amides is 2. The van der Waals surface area contributed by atoms with Crippen LogP contribution < -0.4 is 10.1 Å². The molecule has 1 aromatic rings. The quantitative estimate of drug-likeness (QED) is 0.864. The van der Waals surface area contributed by atoms with Gasteiger partial charge in [-0.05, 0) is 27.7 Å². The molecule has 0 spiro atoms. The van der Waals surface area contributed by atoms with Gasteiger partial charge in [-0.25, -0.2) is 4.79 Å². The number of likely N-dealkylation sites (tertiary alicyclic amines) is 1. The second-order valence-corrected chi connectivity index (χ2v) is 7.72. The first kappa shape index (κ1) is 20.3. The average molecular weight is 384 g/mol. The van der Waals surface area contributed by atoms with E-state index in [4.69, 9.17) is 21.1 Å². The number of halogens is 1. The van der Waals surface area contributed by atoms with Crippen LogP contribution in [0.1, 0.15) is 40.5 Å². The molecule has 0 saturated carbocycles. The molecule has 1 saturated heterocycles. The zero-order valence-corrected chi connectivity index (χ0v) is 16.4. The average Bonchev–Trinajstić information content (AvgIpc) is 2.55. The lowest BCUT2D eigenvalue weighted by molar-refractivity contribution is -0.134. The van der Waals surface area contributed by atoms with Crippen molar-refractivity contribution in [1.29, 1.82) is 0 Å². The van der Waals surface area contributed by atoms with Crippen molar-refractivity contribution < 1.29 is 19.1 Å². The number of pyridine rings is 1. The van der Waals surface area contributed by atoms with Gasteiger partial charge < -0.3 is 19.7 Å². The molecule has 8 heteroatoms. The Morgan fingerprint density at radius 3 is 2.58 bits per heavy atom. The van der Waals surface area contributed by atoms with Gasteiger partial charge in [0.1, 0.15) is 28.5 Å². The zero-order chi connectivity index (χ0) is 19.3. The Bertz CT molecular complexity index is 640. The Morgan fingerprint density at radius 2 is 2.00 bits per heavy atom. The molecule has 7 nitrogen and oxygen atoms in total. The van der Waals surface area contributed by atoms with Crippen LogP contribution in [0.5, 0.6) is 5.75 Å². The molecule has 0 radical (unpaired) electrons. The van der Waals surface area contributed by atoms with E-state index in [1.807, 2.05) is 0 Å². The molecule has 144 valence electrons. The summed E-state index contributed by atoms with van der Waals surface area (Å²) in [7, 11) is 0. The van der Waals surface area contributed by atoms with Gasteiger partial charge in [-0.3, -0.25) is 9.78 Å². The van der Waals surface area contributed by atoms with Crippen molar-refractivity contribution in [2.24, 2.45) is 0 Å². The molecule has 1 atom stereocenters. The molecule has 1 unspecified atom stereocenters. The number of ether oxygens (including phenoxy) is 2. The molecule has 0 bridgehead atoms. The summed E-state index contributed by atoms with van der Waals surface area (Å²) in [5.74, 6) is 0.475. The van der Waals surface area contributed by atoms with Crippen LogP contribution in [0.15, 0.2) is 18.5 Å². The van der Waals surface area contributed by atoms with Gasteiger partial charge in [0.25, 0.3) is 0 Å². The summed E-state index contributed by atoms with van der Waals surface area (Å²) in [6.07, 6.45) is 3.97. The molecule has 0 aliphatic carbocycles. The van der Waals surface area contributed by atoms with Crippen LogP contribution in [-0.2, 0) is 9.53 Å². The molecule has 2 rings (SSSR count). The highest BCUT2D eigenvalue weighted by Gasteiger charge is 2.29. The van der Waals surface area contributed by atoms with E-state index in [1.165, 1.54) is 0 Å². The summed E-state index contributed by atoms with van der Waals surface area (Å²) in [6, 6.07) is 1.09. The molecular weight excluding hydrogens is 358 g/mol. The maximum atomic E-state index is 12.5. The van der Waals surface area contributed by atoms with Gasteiger partial charge in [-0.1, -0.05) is 11.6 Å². The van der Waals surface area contributed by atoms with Gasteiger partial charge in [0.05, 0.1) is 0 Å². The normalized spacial score (nSPS) is 16.7. The minimum absolute atomic E-state index is 0.00642. The Morgan fingerprint density at radius 1 is 1.35 bits per heavy atom. The molecule has 0 aromatic carbocycles. The van der Waals surface area contributed by atoms with E-state index in [-0.39, 0.29) is 12.0 Å². The second kappa shape index (κ2) is 8.58. The molecule has 1 fully saturated rings. The number of alkyl carbamates (subject to hydrolysis) is 1. The van der Waals surface area contributed by atoms with Gasteiger partial charge in [0, 0.05) is 44.4 Å². The Hall–Kier alpha value is -2.02. The molecule has 1 N–H and O–H groups in total. The maximum Gasteiger partial charge on any atom is 0.408 e. The predicted octanol–water partition coefficient (Wildman–Crippen LogP) is 3.02. The fourth-order valence-corrected chi connectivity index (χ4v) is 2.82. The third kappa shape index (κ3) is 6.05. The number of rotatable bonds is 4. The van der Waals surface area contributed by atoms with Crippen LogP contribution >= 0.6 is 11.6 Å². The van der Waals surface area contributed by atoms with Gasteiger partial charge in [0.2, 0.25) is 5.91 Å². The van der Waals surface area contributed by atoms with Crippen LogP contribution in [0.25, 0.3) is 0 Å². The predicted molar refractivity (Wildman–Crippen MR) is 98.3 cm³/mol. The number of hydrogen-bond acceptors (Lipinski definition) is 5. The van der Waals surface area contributed by atoms with Gasteiger partial charge >= 0.3 is 6.09 Å². The Kier molecular flexibility index (Phi) is 6.69. The summed E-state index contributed by atoms with van der Waals surface area (Å²) < 4.78 is 11.1. The van der Waals surface area contributed by atoms with Crippen LogP contribution in [-0.4, -0.2) is 52.7 Å². The second-order valence-electron chi connectivity index (χ2n) is 7.32. The summed E-state index contributed by atoms with van der Waals surface area (Å²) in [5.41, 5.74) is -0.600. The smallest absolute Gasteiger partial charge is 0.408 e. The molecular formula is C18H26ClN3O4. The highest BCUT2D eigenvalue weighted by atomic mass is 35.5.